The molecule has 0 saturated carbocycles. The first-order valence-corrected chi connectivity index (χ1v) is 7.82. The van der Waals surface area contributed by atoms with Crippen molar-refractivity contribution in [3.05, 3.63) is 59.7 Å². The summed E-state index contributed by atoms with van der Waals surface area (Å²) in [6, 6.07) is 9.23. The van der Waals surface area contributed by atoms with Crippen molar-refractivity contribution in [1.82, 2.24) is 20.0 Å². The Morgan fingerprint density at radius 2 is 2.12 bits per heavy atom. The fourth-order valence-corrected chi connectivity index (χ4v) is 2.63. The zero-order chi connectivity index (χ0) is 17.1. The number of aryl methyl sites for hydroxylation is 2. The molecule has 1 N–H and O–H groups in total. The van der Waals surface area contributed by atoms with Crippen LogP contribution in [0.4, 0.5) is 0 Å². The molecular weight excluding hydrogens is 302 g/mol. The van der Waals surface area contributed by atoms with Crippen LogP contribution < -0.4 is 5.43 Å². The number of amides is 1. The second kappa shape index (κ2) is 6.62. The number of pyridine rings is 1. The number of carbonyl (C=O) groups excluding carboxylic acids is 1. The Bertz CT molecular complexity index is 912. The molecule has 1 aromatic carbocycles. The van der Waals surface area contributed by atoms with E-state index in [2.05, 4.69) is 32.0 Å². The molecule has 3 rings (SSSR count). The van der Waals surface area contributed by atoms with Crippen LogP contribution in [0.2, 0.25) is 0 Å². The quantitative estimate of drug-likeness (QED) is 0.593. The van der Waals surface area contributed by atoms with Crippen molar-refractivity contribution in [3.8, 4) is 0 Å². The van der Waals surface area contributed by atoms with Crippen LogP contribution in [-0.4, -0.2) is 26.2 Å². The summed E-state index contributed by atoms with van der Waals surface area (Å²) in [7, 11) is 0. The Morgan fingerprint density at radius 1 is 1.29 bits per heavy atom. The molecule has 0 radical (unpaired) electrons. The molecule has 0 atom stereocenters. The Hall–Kier alpha value is -3.02. The maximum atomic E-state index is 12.3. The van der Waals surface area contributed by atoms with Gasteiger partial charge in [0.2, 0.25) is 0 Å². The maximum Gasteiger partial charge on any atom is 0.271 e. The van der Waals surface area contributed by atoms with E-state index in [9.17, 15) is 4.79 Å². The van der Waals surface area contributed by atoms with Gasteiger partial charge in [0.05, 0.1) is 16.7 Å². The van der Waals surface area contributed by atoms with Gasteiger partial charge in [-0.3, -0.25) is 9.78 Å². The van der Waals surface area contributed by atoms with Crippen LogP contribution in [0, 0.1) is 6.92 Å². The summed E-state index contributed by atoms with van der Waals surface area (Å²) >= 11 is 0. The lowest BCUT2D eigenvalue weighted by atomic mass is 10.2. The molecule has 24 heavy (non-hydrogen) atoms. The highest BCUT2D eigenvalue weighted by Crippen LogP contribution is 2.17. The van der Waals surface area contributed by atoms with Gasteiger partial charge in [-0.25, -0.2) is 10.4 Å². The van der Waals surface area contributed by atoms with E-state index in [4.69, 9.17) is 0 Å². The first kappa shape index (κ1) is 15.9. The largest absolute Gasteiger partial charge is 0.329 e. The molecule has 3 aromatic rings. The van der Waals surface area contributed by atoms with E-state index in [0.29, 0.717) is 11.3 Å². The van der Waals surface area contributed by atoms with Crippen molar-refractivity contribution in [2.24, 2.45) is 5.10 Å². The number of rotatable bonds is 4. The highest BCUT2D eigenvalue weighted by molar-refractivity contribution is 6.01. The smallest absolute Gasteiger partial charge is 0.271 e. The average Bonchev–Trinajstić information content (AvgIpc) is 2.94. The van der Waals surface area contributed by atoms with Gasteiger partial charge in [0.15, 0.2) is 0 Å². The van der Waals surface area contributed by atoms with Crippen LogP contribution in [0.3, 0.4) is 0 Å². The molecule has 1 amide bonds. The number of carbonyl (C=O) groups is 1. The zero-order valence-corrected chi connectivity index (χ0v) is 13.9. The second-order valence-electron chi connectivity index (χ2n) is 5.49. The maximum absolute atomic E-state index is 12.3. The zero-order valence-electron chi connectivity index (χ0n) is 13.9. The standard InChI is InChI=1S/C18H19N5O/c1-4-23-13(3)20-16-10-14(7-8-17(16)23)18(24)22-21-12(2)15-6-5-9-19-11-15/h5-11H,4H2,1-3H3,(H,22,24). The second-order valence-corrected chi connectivity index (χ2v) is 5.49. The highest BCUT2D eigenvalue weighted by Gasteiger charge is 2.10. The molecule has 0 bridgehead atoms. The van der Waals surface area contributed by atoms with E-state index in [1.54, 1.807) is 24.5 Å². The lowest BCUT2D eigenvalue weighted by Crippen LogP contribution is -2.19. The lowest BCUT2D eigenvalue weighted by Gasteiger charge is -2.04. The Morgan fingerprint density at radius 3 is 2.83 bits per heavy atom. The van der Waals surface area contributed by atoms with E-state index >= 15 is 0 Å². The van der Waals surface area contributed by atoms with E-state index in [1.807, 2.05) is 32.0 Å². The van der Waals surface area contributed by atoms with Crippen molar-refractivity contribution in [1.29, 1.82) is 0 Å². The topological polar surface area (TPSA) is 72.2 Å². The fraction of sp³-hybridized carbons (Fsp3) is 0.222. The van der Waals surface area contributed by atoms with Crippen LogP contribution in [0.5, 0.6) is 0 Å². The third-order valence-electron chi connectivity index (χ3n) is 3.92. The van der Waals surface area contributed by atoms with Gasteiger partial charge in [0, 0.05) is 30.1 Å². The van der Waals surface area contributed by atoms with Gasteiger partial charge in [-0.2, -0.15) is 5.10 Å². The minimum atomic E-state index is -0.260. The molecule has 0 unspecified atom stereocenters. The molecule has 0 saturated heterocycles. The number of benzene rings is 1. The van der Waals surface area contributed by atoms with Crippen LogP contribution in [0.15, 0.2) is 47.8 Å². The average molecular weight is 321 g/mol. The normalized spacial score (nSPS) is 11.7. The third kappa shape index (κ3) is 3.03. The molecular formula is C18H19N5O. The summed E-state index contributed by atoms with van der Waals surface area (Å²) in [4.78, 5) is 20.9. The Labute approximate surface area is 140 Å². The van der Waals surface area contributed by atoms with Crippen LogP contribution >= 0.6 is 0 Å². The number of hydrogen-bond acceptors (Lipinski definition) is 4. The summed E-state index contributed by atoms with van der Waals surface area (Å²) < 4.78 is 2.11. The molecule has 0 spiro atoms. The molecule has 6 nitrogen and oxygen atoms in total. The van der Waals surface area contributed by atoms with Crippen LogP contribution in [0.25, 0.3) is 11.0 Å². The number of hydrazone groups is 1. The summed E-state index contributed by atoms with van der Waals surface area (Å²) in [5.41, 5.74) is 6.53. The van der Waals surface area contributed by atoms with Crippen molar-refractivity contribution >= 4 is 22.7 Å². The predicted octanol–water partition coefficient (Wildman–Crippen LogP) is 2.91. The lowest BCUT2D eigenvalue weighted by molar-refractivity contribution is 0.0955. The minimum Gasteiger partial charge on any atom is -0.329 e. The van der Waals surface area contributed by atoms with Gasteiger partial charge in [-0.1, -0.05) is 6.07 Å². The molecule has 6 heteroatoms. The van der Waals surface area contributed by atoms with Gasteiger partial charge in [-0.05, 0) is 45.0 Å². The molecule has 0 aliphatic carbocycles. The van der Waals surface area contributed by atoms with E-state index in [1.165, 1.54) is 0 Å². The fourth-order valence-electron chi connectivity index (χ4n) is 2.63. The summed E-state index contributed by atoms with van der Waals surface area (Å²) in [5.74, 6) is 0.680. The van der Waals surface area contributed by atoms with Crippen molar-refractivity contribution in [3.63, 3.8) is 0 Å². The molecule has 0 fully saturated rings. The van der Waals surface area contributed by atoms with Crippen LogP contribution in [-0.2, 0) is 6.54 Å². The first-order chi connectivity index (χ1) is 11.6. The van der Waals surface area contributed by atoms with Gasteiger partial charge >= 0.3 is 0 Å². The van der Waals surface area contributed by atoms with E-state index in [-0.39, 0.29) is 5.91 Å². The van der Waals surface area contributed by atoms with Gasteiger partial charge < -0.3 is 4.57 Å². The van der Waals surface area contributed by atoms with Gasteiger partial charge in [0.1, 0.15) is 5.82 Å². The monoisotopic (exact) mass is 321 g/mol. The molecule has 2 aromatic heterocycles. The molecule has 122 valence electrons. The third-order valence-corrected chi connectivity index (χ3v) is 3.92. The summed E-state index contributed by atoms with van der Waals surface area (Å²) in [6.07, 6.45) is 3.40. The Kier molecular flexibility index (Phi) is 4.37. The number of fused-ring (bicyclic) bond motifs is 1. The number of hydrogen-bond donors (Lipinski definition) is 1. The SMILES string of the molecule is CCn1c(C)nc2cc(C(=O)NN=C(C)c3cccnc3)ccc21. The molecule has 0 aliphatic rings. The van der Waals surface area contributed by atoms with Crippen molar-refractivity contribution in [2.45, 2.75) is 27.3 Å². The number of imidazole rings is 1. The first-order valence-electron chi connectivity index (χ1n) is 7.82. The summed E-state index contributed by atoms with van der Waals surface area (Å²) in [5, 5.41) is 4.14. The van der Waals surface area contributed by atoms with Crippen molar-refractivity contribution < 1.29 is 4.79 Å². The van der Waals surface area contributed by atoms with Crippen molar-refractivity contribution in [2.75, 3.05) is 0 Å². The highest BCUT2D eigenvalue weighted by atomic mass is 16.2. The number of aromatic nitrogens is 3. The van der Waals surface area contributed by atoms with E-state index < -0.39 is 0 Å². The van der Waals surface area contributed by atoms with Gasteiger partial charge in [0.25, 0.3) is 5.91 Å². The Balaban J connectivity index is 1.81. The number of nitrogens with one attached hydrogen (secondary N) is 1. The molecule has 2 heterocycles. The number of nitrogens with zero attached hydrogens (tertiary/aromatic N) is 4. The molecule has 0 aliphatic heterocycles. The predicted molar refractivity (Wildman–Crippen MR) is 94.1 cm³/mol. The summed E-state index contributed by atoms with van der Waals surface area (Å²) in [6.45, 7) is 6.71. The van der Waals surface area contributed by atoms with Gasteiger partial charge in [-0.15, -0.1) is 0 Å². The van der Waals surface area contributed by atoms with E-state index in [0.717, 1.165) is 29.0 Å². The minimum absolute atomic E-state index is 0.260. The van der Waals surface area contributed by atoms with Crippen LogP contribution in [0.1, 0.15) is 35.6 Å².